The number of amides is 1. The first-order valence-electron chi connectivity index (χ1n) is 7.07. The van der Waals surface area contributed by atoms with Crippen molar-refractivity contribution in [3.63, 3.8) is 0 Å². The molecule has 0 aliphatic heterocycles. The summed E-state index contributed by atoms with van der Waals surface area (Å²) in [6.07, 6.45) is 2.50. The number of hydrogen-bond donors (Lipinski definition) is 2. The quantitative estimate of drug-likeness (QED) is 0.726. The predicted molar refractivity (Wildman–Crippen MR) is 86.7 cm³/mol. The fourth-order valence-corrected chi connectivity index (χ4v) is 2.06. The van der Waals surface area contributed by atoms with Gasteiger partial charge in [0.2, 0.25) is 0 Å². The summed E-state index contributed by atoms with van der Waals surface area (Å²) in [7, 11) is 0. The van der Waals surface area contributed by atoms with Gasteiger partial charge in [-0.05, 0) is 31.4 Å². The highest BCUT2D eigenvalue weighted by atomic mass is 35.5. The number of nitrogens with two attached hydrogens (primary N) is 1. The first-order valence-corrected chi connectivity index (χ1v) is 7.45. The third-order valence-corrected chi connectivity index (χ3v) is 3.44. The first kappa shape index (κ1) is 17.5. The van der Waals surface area contributed by atoms with Crippen molar-refractivity contribution < 1.29 is 9.53 Å². The smallest absolute Gasteiger partial charge is 0.261 e. The van der Waals surface area contributed by atoms with Crippen LogP contribution in [0.3, 0.4) is 0 Å². The Morgan fingerprint density at radius 1 is 1.57 bits per heavy atom. The van der Waals surface area contributed by atoms with Gasteiger partial charge >= 0.3 is 0 Å². The molecule has 0 bridgehead atoms. The van der Waals surface area contributed by atoms with E-state index < -0.39 is 6.10 Å². The van der Waals surface area contributed by atoms with Crippen molar-refractivity contribution in [1.29, 1.82) is 0 Å². The number of hydrogen-bond acceptors (Lipinski definition) is 3. The lowest BCUT2D eigenvalue weighted by atomic mass is 10.0. The van der Waals surface area contributed by atoms with Gasteiger partial charge in [0, 0.05) is 12.6 Å². The monoisotopic (exact) mass is 310 g/mol. The Bertz CT molecular complexity index is 491. The Morgan fingerprint density at radius 2 is 2.29 bits per heavy atom. The van der Waals surface area contributed by atoms with Gasteiger partial charge in [-0.3, -0.25) is 4.79 Å². The van der Waals surface area contributed by atoms with Crippen LogP contribution in [0.25, 0.3) is 0 Å². The number of para-hydroxylation sites is 1. The number of halogens is 1. The van der Waals surface area contributed by atoms with Crippen LogP contribution in [0.5, 0.6) is 5.75 Å². The third kappa shape index (κ3) is 5.40. The number of rotatable bonds is 8. The predicted octanol–water partition coefficient (Wildman–Crippen LogP) is 2.69. The van der Waals surface area contributed by atoms with Crippen LogP contribution in [0, 0.1) is 0 Å². The summed E-state index contributed by atoms with van der Waals surface area (Å²) < 4.78 is 5.75. The van der Waals surface area contributed by atoms with Gasteiger partial charge in [0.05, 0.1) is 5.02 Å². The van der Waals surface area contributed by atoms with Crippen LogP contribution in [0.4, 0.5) is 0 Å². The standard InChI is InChI=1S/C16H23ClN2O2/c1-4-9-19-16(20)11(3)21-15-12(10-13(18)5-2)7-6-8-14(15)17/h4,6-8,11,13H,1,5,9-10,18H2,2-3H3,(H,19,20). The maximum absolute atomic E-state index is 11.9. The molecular formula is C16H23ClN2O2. The molecule has 0 saturated heterocycles. The second kappa shape index (κ2) is 8.70. The lowest BCUT2D eigenvalue weighted by molar-refractivity contribution is -0.127. The number of ether oxygens (including phenoxy) is 1. The van der Waals surface area contributed by atoms with E-state index in [0.29, 0.717) is 23.7 Å². The first-order chi connectivity index (χ1) is 9.99. The van der Waals surface area contributed by atoms with E-state index in [4.69, 9.17) is 22.1 Å². The van der Waals surface area contributed by atoms with Crippen molar-refractivity contribution >= 4 is 17.5 Å². The average Bonchev–Trinajstić information content (AvgIpc) is 2.47. The SMILES string of the molecule is C=CCNC(=O)C(C)Oc1c(Cl)cccc1CC(N)CC. The van der Waals surface area contributed by atoms with Gasteiger partial charge in [0.25, 0.3) is 5.91 Å². The third-order valence-electron chi connectivity index (χ3n) is 3.14. The molecule has 2 unspecified atom stereocenters. The zero-order chi connectivity index (χ0) is 15.8. The minimum atomic E-state index is -0.638. The maximum Gasteiger partial charge on any atom is 0.261 e. The van der Waals surface area contributed by atoms with Crippen LogP contribution in [0.2, 0.25) is 5.02 Å². The molecule has 4 nitrogen and oxygen atoms in total. The van der Waals surface area contributed by atoms with Crippen molar-refractivity contribution in [2.45, 2.75) is 38.8 Å². The van der Waals surface area contributed by atoms with Gasteiger partial charge in [-0.15, -0.1) is 6.58 Å². The molecule has 3 N–H and O–H groups in total. The van der Waals surface area contributed by atoms with E-state index in [0.717, 1.165) is 12.0 Å². The molecule has 0 saturated carbocycles. The van der Waals surface area contributed by atoms with Crippen molar-refractivity contribution in [1.82, 2.24) is 5.32 Å². The molecule has 0 aliphatic carbocycles. The van der Waals surface area contributed by atoms with Crippen molar-refractivity contribution in [3.8, 4) is 5.75 Å². The summed E-state index contributed by atoms with van der Waals surface area (Å²) in [6.45, 7) is 7.68. The van der Waals surface area contributed by atoms with E-state index in [9.17, 15) is 4.79 Å². The van der Waals surface area contributed by atoms with Crippen LogP contribution in [0.1, 0.15) is 25.8 Å². The number of nitrogens with one attached hydrogen (secondary N) is 1. The number of benzene rings is 1. The molecule has 0 aliphatic rings. The summed E-state index contributed by atoms with van der Waals surface area (Å²) in [5.41, 5.74) is 6.91. The molecule has 1 rings (SSSR count). The molecule has 0 radical (unpaired) electrons. The normalized spacial score (nSPS) is 13.3. The fourth-order valence-electron chi connectivity index (χ4n) is 1.82. The van der Waals surface area contributed by atoms with Crippen LogP contribution in [-0.4, -0.2) is 24.6 Å². The zero-order valence-corrected chi connectivity index (χ0v) is 13.3. The molecule has 2 atom stereocenters. The highest BCUT2D eigenvalue weighted by molar-refractivity contribution is 6.32. The fraction of sp³-hybridized carbons (Fsp3) is 0.438. The van der Waals surface area contributed by atoms with Crippen molar-refractivity contribution in [2.24, 2.45) is 5.73 Å². The Labute approximate surface area is 131 Å². The van der Waals surface area contributed by atoms with Crippen LogP contribution < -0.4 is 15.8 Å². The van der Waals surface area contributed by atoms with Gasteiger partial charge in [-0.2, -0.15) is 0 Å². The summed E-state index contributed by atoms with van der Waals surface area (Å²) in [5, 5.41) is 3.18. The van der Waals surface area contributed by atoms with Crippen LogP contribution in [-0.2, 0) is 11.2 Å². The summed E-state index contributed by atoms with van der Waals surface area (Å²) in [4.78, 5) is 11.9. The van der Waals surface area contributed by atoms with Gasteiger partial charge < -0.3 is 15.8 Å². The van der Waals surface area contributed by atoms with Gasteiger partial charge in [-0.25, -0.2) is 0 Å². The minimum absolute atomic E-state index is 0.0377. The van der Waals surface area contributed by atoms with Crippen LogP contribution >= 0.6 is 11.6 Å². The topological polar surface area (TPSA) is 64.3 Å². The number of carbonyl (C=O) groups is 1. The highest BCUT2D eigenvalue weighted by Gasteiger charge is 2.18. The molecule has 0 spiro atoms. The second-order valence-electron chi connectivity index (χ2n) is 4.89. The second-order valence-corrected chi connectivity index (χ2v) is 5.30. The summed E-state index contributed by atoms with van der Waals surface area (Å²) in [5.74, 6) is 0.324. The minimum Gasteiger partial charge on any atom is -0.479 e. The van der Waals surface area contributed by atoms with E-state index >= 15 is 0 Å². The Morgan fingerprint density at radius 3 is 2.90 bits per heavy atom. The average molecular weight is 311 g/mol. The molecule has 1 amide bonds. The lowest BCUT2D eigenvalue weighted by Gasteiger charge is -2.19. The van der Waals surface area contributed by atoms with E-state index in [1.165, 1.54) is 0 Å². The molecule has 0 heterocycles. The molecular weight excluding hydrogens is 288 g/mol. The summed E-state index contributed by atoms with van der Waals surface area (Å²) >= 11 is 6.20. The van der Waals surface area contributed by atoms with E-state index in [1.54, 1.807) is 19.1 Å². The highest BCUT2D eigenvalue weighted by Crippen LogP contribution is 2.30. The lowest BCUT2D eigenvalue weighted by Crippen LogP contribution is -2.36. The molecule has 5 heteroatoms. The van der Waals surface area contributed by atoms with Crippen molar-refractivity contribution in [2.75, 3.05) is 6.54 Å². The van der Waals surface area contributed by atoms with Gasteiger partial charge in [0.1, 0.15) is 5.75 Å². The molecule has 1 aromatic carbocycles. The Hall–Kier alpha value is -1.52. The Balaban J connectivity index is 2.85. The van der Waals surface area contributed by atoms with Crippen molar-refractivity contribution in [3.05, 3.63) is 41.4 Å². The molecule has 0 aromatic heterocycles. The van der Waals surface area contributed by atoms with E-state index in [2.05, 4.69) is 11.9 Å². The largest absolute Gasteiger partial charge is 0.479 e. The Kier molecular flexibility index (Phi) is 7.26. The molecule has 1 aromatic rings. The van der Waals surface area contributed by atoms with Gasteiger partial charge in [-0.1, -0.05) is 36.7 Å². The van der Waals surface area contributed by atoms with Crippen LogP contribution in [0.15, 0.2) is 30.9 Å². The molecule has 0 fully saturated rings. The van der Waals surface area contributed by atoms with Gasteiger partial charge in [0.15, 0.2) is 6.10 Å². The maximum atomic E-state index is 11.9. The van der Waals surface area contributed by atoms with E-state index in [1.807, 2.05) is 19.1 Å². The number of carbonyl (C=O) groups excluding carboxylic acids is 1. The molecule has 21 heavy (non-hydrogen) atoms. The summed E-state index contributed by atoms with van der Waals surface area (Å²) in [6, 6.07) is 5.56. The zero-order valence-electron chi connectivity index (χ0n) is 12.6. The van der Waals surface area contributed by atoms with E-state index in [-0.39, 0.29) is 11.9 Å². The molecule has 116 valence electrons.